The molecule has 0 radical (unpaired) electrons. The number of benzene rings is 2. The number of rotatable bonds is 7. The monoisotopic (exact) mass is 367 g/mol. The summed E-state index contributed by atoms with van der Waals surface area (Å²) in [6.07, 6.45) is 0. The molecule has 0 aromatic heterocycles. The van der Waals surface area contributed by atoms with E-state index in [-0.39, 0.29) is 17.7 Å². The standard InChI is InChI=1S/C22H29N3O2/c1-15(2)20(24-21(26)19-12-7-6-9-16(19)3)22(27)23-14-17-10-8-11-18(13-17)25(4)5/h6-13,15,20H,14H2,1-5H3,(H,23,27)(H,24,26). The molecule has 0 aliphatic rings. The Balaban J connectivity index is 2.04. The molecule has 2 aromatic carbocycles. The molecule has 0 heterocycles. The molecule has 2 aromatic rings. The van der Waals surface area contributed by atoms with Gasteiger partial charge in [0.1, 0.15) is 6.04 Å². The van der Waals surface area contributed by atoms with Gasteiger partial charge in [-0.25, -0.2) is 0 Å². The normalized spacial score (nSPS) is 11.8. The van der Waals surface area contributed by atoms with Gasteiger partial charge in [0.25, 0.3) is 5.91 Å². The number of hydrogen-bond donors (Lipinski definition) is 2. The van der Waals surface area contributed by atoms with Crippen LogP contribution in [0.4, 0.5) is 5.69 Å². The highest BCUT2D eigenvalue weighted by Gasteiger charge is 2.25. The molecule has 1 atom stereocenters. The molecule has 0 spiro atoms. The number of amides is 2. The van der Waals surface area contributed by atoms with Crippen LogP contribution in [0.3, 0.4) is 0 Å². The van der Waals surface area contributed by atoms with Crippen LogP contribution in [-0.2, 0) is 11.3 Å². The molecule has 0 fully saturated rings. The quantitative estimate of drug-likeness (QED) is 0.790. The zero-order valence-electron chi connectivity index (χ0n) is 16.7. The number of anilines is 1. The lowest BCUT2D eigenvalue weighted by Crippen LogP contribution is -2.49. The summed E-state index contributed by atoms with van der Waals surface area (Å²) in [7, 11) is 3.96. The van der Waals surface area contributed by atoms with Gasteiger partial charge in [-0.1, -0.05) is 44.2 Å². The average Bonchev–Trinajstić information content (AvgIpc) is 2.64. The van der Waals surface area contributed by atoms with Crippen LogP contribution in [0.25, 0.3) is 0 Å². The number of carbonyl (C=O) groups is 2. The van der Waals surface area contributed by atoms with E-state index in [1.54, 1.807) is 6.07 Å². The number of carbonyl (C=O) groups excluding carboxylic acids is 2. The molecule has 5 nitrogen and oxygen atoms in total. The van der Waals surface area contributed by atoms with Crippen molar-refractivity contribution in [3.05, 3.63) is 65.2 Å². The molecule has 5 heteroatoms. The highest BCUT2D eigenvalue weighted by atomic mass is 16.2. The van der Waals surface area contributed by atoms with Gasteiger partial charge in [0.05, 0.1) is 0 Å². The van der Waals surface area contributed by atoms with Crippen molar-refractivity contribution in [3.8, 4) is 0 Å². The third kappa shape index (κ3) is 5.58. The Kier molecular flexibility index (Phi) is 6.99. The second-order valence-electron chi connectivity index (χ2n) is 7.29. The Labute approximate surface area is 161 Å². The molecule has 144 valence electrons. The van der Waals surface area contributed by atoms with Gasteiger partial charge in [-0.3, -0.25) is 9.59 Å². The van der Waals surface area contributed by atoms with Crippen molar-refractivity contribution < 1.29 is 9.59 Å². The van der Waals surface area contributed by atoms with E-state index in [1.807, 2.05) is 82.2 Å². The first kappa shape index (κ1) is 20.5. The van der Waals surface area contributed by atoms with Gasteiger partial charge in [-0.15, -0.1) is 0 Å². The topological polar surface area (TPSA) is 61.4 Å². The van der Waals surface area contributed by atoms with Crippen molar-refractivity contribution in [1.82, 2.24) is 10.6 Å². The van der Waals surface area contributed by atoms with Crippen molar-refractivity contribution in [1.29, 1.82) is 0 Å². The molecule has 27 heavy (non-hydrogen) atoms. The zero-order chi connectivity index (χ0) is 20.0. The lowest BCUT2D eigenvalue weighted by Gasteiger charge is -2.22. The van der Waals surface area contributed by atoms with Gasteiger partial charge in [0, 0.05) is 31.9 Å². The highest BCUT2D eigenvalue weighted by Crippen LogP contribution is 2.14. The van der Waals surface area contributed by atoms with Crippen molar-refractivity contribution in [2.24, 2.45) is 5.92 Å². The maximum absolute atomic E-state index is 12.7. The first-order valence-electron chi connectivity index (χ1n) is 9.20. The highest BCUT2D eigenvalue weighted by molar-refractivity contribution is 5.98. The molecule has 0 saturated heterocycles. The molecule has 2 rings (SSSR count). The Morgan fingerprint density at radius 1 is 1.04 bits per heavy atom. The van der Waals surface area contributed by atoms with E-state index < -0.39 is 6.04 Å². The molecule has 2 N–H and O–H groups in total. The smallest absolute Gasteiger partial charge is 0.252 e. The second kappa shape index (κ2) is 9.21. The maximum Gasteiger partial charge on any atom is 0.252 e. The van der Waals surface area contributed by atoms with Gasteiger partial charge < -0.3 is 15.5 Å². The molecule has 0 aliphatic carbocycles. The van der Waals surface area contributed by atoms with Gasteiger partial charge in [0.2, 0.25) is 5.91 Å². The van der Waals surface area contributed by atoms with E-state index >= 15 is 0 Å². The summed E-state index contributed by atoms with van der Waals surface area (Å²) in [6.45, 7) is 6.16. The van der Waals surface area contributed by atoms with Crippen LogP contribution in [0, 0.1) is 12.8 Å². The lowest BCUT2D eigenvalue weighted by atomic mass is 10.0. The fraction of sp³-hybridized carbons (Fsp3) is 0.364. The summed E-state index contributed by atoms with van der Waals surface area (Å²) < 4.78 is 0. The minimum absolute atomic E-state index is 0.0222. The van der Waals surface area contributed by atoms with Crippen LogP contribution < -0.4 is 15.5 Å². The van der Waals surface area contributed by atoms with E-state index in [1.165, 1.54) is 0 Å². The summed E-state index contributed by atoms with van der Waals surface area (Å²) in [5.41, 5.74) is 3.57. The number of hydrogen-bond acceptors (Lipinski definition) is 3. The van der Waals surface area contributed by atoms with Crippen LogP contribution in [0.2, 0.25) is 0 Å². The molecular formula is C22H29N3O2. The number of aryl methyl sites for hydroxylation is 1. The van der Waals surface area contributed by atoms with Gasteiger partial charge in [-0.05, 0) is 42.2 Å². The molecule has 0 saturated carbocycles. The number of nitrogens with one attached hydrogen (secondary N) is 2. The van der Waals surface area contributed by atoms with Gasteiger partial charge in [0.15, 0.2) is 0 Å². The second-order valence-corrected chi connectivity index (χ2v) is 7.29. The van der Waals surface area contributed by atoms with E-state index in [2.05, 4.69) is 10.6 Å². The number of nitrogens with zero attached hydrogens (tertiary/aromatic N) is 1. The molecule has 0 bridgehead atoms. The lowest BCUT2D eigenvalue weighted by molar-refractivity contribution is -0.124. The fourth-order valence-corrected chi connectivity index (χ4v) is 2.83. The van der Waals surface area contributed by atoms with Gasteiger partial charge in [-0.2, -0.15) is 0 Å². The van der Waals surface area contributed by atoms with E-state index in [0.29, 0.717) is 12.1 Å². The Morgan fingerprint density at radius 3 is 2.37 bits per heavy atom. The summed E-state index contributed by atoms with van der Waals surface area (Å²) in [5, 5.41) is 5.83. The Morgan fingerprint density at radius 2 is 1.74 bits per heavy atom. The van der Waals surface area contributed by atoms with Crippen LogP contribution in [0.15, 0.2) is 48.5 Å². The first-order valence-corrected chi connectivity index (χ1v) is 9.20. The average molecular weight is 367 g/mol. The third-order valence-corrected chi connectivity index (χ3v) is 4.52. The molecule has 0 aliphatic heterocycles. The van der Waals surface area contributed by atoms with E-state index in [0.717, 1.165) is 16.8 Å². The Bertz CT molecular complexity index is 800. The largest absolute Gasteiger partial charge is 0.378 e. The van der Waals surface area contributed by atoms with Gasteiger partial charge >= 0.3 is 0 Å². The first-order chi connectivity index (χ1) is 12.8. The summed E-state index contributed by atoms with van der Waals surface area (Å²) >= 11 is 0. The summed E-state index contributed by atoms with van der Waals surface area (Å²) in [4.78, 5) is 27.3. The Hall–Kier alpha value is -2.82. The van der Waals surface area contributed by atoms with Crippen molar-refractivity contribution in [2.45, 2.75) is 33.4 Å². The molecule has 1 unspecified atom stereocenters. The predicted octanol–water partition coefficient (Wildman–Crippen LogP) is 3.13. The van der Waals surface area contributed by atoms with Crippen molar-refractivity contribution >= 4 is 17.5 Å². The van der Waals surface area contributed by atoms with Crippen LogP contribution in [-0.4, -0.2) is 32.0 Å². The molecular weight excluding hydrogens is 338 g/mol. The van der Waals surface area contributed by atoms with E-state index in [4.69, 9.17) is 0 Å². The SMILES string of the molecule is Cc1ccccc1C(=O)NC(C(=O)NCc1cccc(N(C)C)c1)C(C)C. The zero-order valence-corrected chi connectivity index (χ0v) is 16.7. The minimum atomic E-state index is -0.589. The minimum Gasteiger partial charge on any atom is -0.378 e. The van der Waals surface area contributed by atoms with E-state index in [9.17, 15) is 9.59 Å². The maximum atomic E-state index is 12.7. The van der Waals surface area contributed by atoms with Crippen molar-refractivity contribution in [2.75, 3.05) is 19.0 Å². The predicted molar refractivity (Wildman–Crippen MR) is 110 cm³/mol. The van der Waals surface area contributed by atoms with Crippen LogP contribution in [0.5, 0.6) is 0 Å². The fourth-order valence-electron chi connectivity index (χ4n) is 2.83. The van der Waals surface area contributed by atoms with Crippen LogP contribution in [0.1, 0.15) is 35.3 Å². The summed E-state index contributed by atoms with van der Waals surface area (Å²) in [6, 6.07) is 14.8. The molecule has 2 amide bonds. The third-order valence-electron chi connectivity index (χ3n) is 4.52. The van der Waals surface area contributed by atoms with Crippen molar-refractivity contribution in [3.63, 3.8) is 0 Å². The van der Waals surface area contributed by atoms with Crippen LogP contribution >= 0.6 is 0 Å². The summed E-state index contributed by atoms with van der Waals surface area (Å²) in [5.74, 6) is -0.426.